The van der Waals surface area contributed by atoms with Crippen LogP contribution in [0.4, 0.5) is 6.01 Å². The SMILES string of the molecule is Cc1ccccc1C(=O)Nc1nnc(-c2ccc3c(c2)OCCO3)o1. The van der Waals surface area contributed by atoms with Crippen LogP contribution in [0.2, 0.25) is 0 Å². The van der Waals surface area contributed by atoms with Crippen molar-refractivity contribution in [2.75, 3.05) is 18.5 Å². The molecule has 2 aromatic carbocycles. The second kappa shape index (κ2) is 6.27. The summed E-state index contributed by atoms with van der Waals surface area (Å²) >= 11 is 0. The molecular formula is C18H15N3O4. The summed E-state index contributed by atoms with van der Waals surface area (Å²) < 4.78 is 16.6. The number of rotatable bonds is 3. The molecule has 1 amide bonds. The van der Waals surface area contributed by atoms with Crippen LogP contribution in [-0.2, 0) is 0 Å². The van der Waals surface area contributed by atoms with E-state index in [1.807, 2.05) is 19.1 Å². The molecule has 4 rings (SSSR count). The Balaban J connectivity index is 1.54. The van der Waals surface area contributed by atoms with Crippen molar-refractivity contribution in [3.63, 3.8) is 0 Å². The van der Waals surface area contributed by atoms with E-state index < -0.39 is 0 Å². The number of nitrogens with zero attached hydrogens (tertiary/aromatic N) is 2. The summed E-state index contributed by atoms with van der Waals surface area (Å²) in [5, 5.41) is 10.5. The van der Waals surface area contributed by atoms with Crippen LogP contribution in [0.1, 0.15) is 15.9 Å². The van der Waals surface area contributed by atoms with Gasteiger partial charge in [0.2, 0.25) is 5.89 Å². The highest BCUT2D eigenvalue weighted by Crippen LogP contribution is 2.34. The first-order valence-electron chi connectivity index (χ1n) is 7.81. The van der Waals surface area contributed by atoms with Crippen LogP contribution >= 0.6 is 0 Å². The molecule has 1 N–H and O–H groups in total. The fourth-order valence-electron chi connectivity index (χ4n) is 2.56. The van der Waals surface area contributed by atoms with E-state index >= 15 is 0 Å². The second-order valence-corrected chi connectivity index (χ2v) is 5.54. The van der Waals surface area contributed by atoms with Crippen LogP contribution in [0.3, 0.4) is 0 Å². The maximum absolute atomic E-state index is 12.3. The van der Waals surface area contributed by atoms with Gasteiger partial charge in [0.15, 0.2) is 11.5 Å². The Hall–Kier alpha value is -3.35. The summed E-state index contributed by atoms with van der Waals surface area (Å²) in [6.07, 6.45) is 0. The Morgan fingerprint density at radius 1 is 1.04 bits per heavy atom. The number of fused-ring (bicyclic) bond motifs is 1. The first-order valence-corrected chi connectivity index (χ1v) is 7.81. The minimum Gasteiger partial charge on any atom is -0.486 e. The van der Waals surface area contributed by atoms with Gasteiger partial charge in [0.25, 0.3) is 5.91 Å². The molecule has 25 heavy (non-hydrogen) atoms. The molecule has 7 nitrogen and oxygen atoms in total. The summed E-state index contributed by atoms with van der Waals surface area (Å²) in [7, 11) is 0. The van der Waals surface area contributed by atoms with Crippen LogP contribution in [-0.4, -0.2) is 29.3 Å². The largest absolute Gasteiger partial charge is 0.486 e. The number of carbonyl (C=O) groups excluding carboxylic acids is 1. The zero-order valence-corrected chi connectivity index (χ0v) is 13.5. The molecule has 1 aliphatic heterocycles. The average molecular weight is 337 g/mol. The topological polar surface area (TPSA) is 86.5 Å². The standard InChI is InChI=1S/C18H15N3O4/c1-11-4-2-3-5-13(11)16(22)19-18-21-20-17(25-18)12-6-7-14-15(10-12)24-9-8-23-14/h2-7,10H,8-9H2,1H3,(H,19,21,22). The molecule has 0 saturated carbocycles. The van der Waals surface area contributed by atoms with Crippen molar-refractivity contribution in [2.45, 2.75) is 6.92 Å². The van der Waals surface area contributed by atoms with Crippen LogP contribution in [0.15, 0.2) is 46.9 Å². The lowest BCUT2D eigenvalue weighted by Gasteiger charge is -2.18. The number of amides is 1. The van der Waals surface area contributed by atoms with E-state index in [9.17, 15) is 4.79 Å². The Bertz CT molecular complexity index is 936. The van der Waals surface area contributed by atoms with Gasteiger partial charge in [-0.3, -0.25) is 10.1 Å². The number of ether oxygens (including phenoxy) is 2. The second-order valence-electron chi connectivity index (χ2n) is 5.54. The molecule has 0 radical (unpaired) electrons. The van der Waals surface area contributed by atoms with Crippen molar-refractivity contribution in [3.05, 3.63) is 53.6 Å². The fourth-order valence-corrected chi connectivity index (χ4v) is 2.56. The third-order valence-electron chi connectivity index (χ3n) is 3.82. The molecule has 0 fully saturated rings. The van der Waals surface area contributed by atoms with Crippen LogP contribution < -0.4 is 14.8 Å². The molecule has 1 aliphatic rings. The van der Waals surface area contributed by atoms with E-state index in [1.54, 1.807) is 30.3 Å². The van der Waals surface area contributed by atoms with Gasteiger partial charge in [0, 0.05) is 11.1 Å². The predicted octanol–water partition coefficient (Wildman–Crippen LogP) is 3.07. The third-order valence-corrected chi connectivity index (χ3v) is 3.82. The number of hydrogen-bond acceptors (Lipinski definition) is 6. The minimum atomic E-state index is -0.296. The van der Waals surface area contributed by atoms with E-state index in [0.29, 0.717) is 35.8 Å². The van der Waals surface area contributed by atoms with E-state index in [4.69, 9.17) is 13.9 Å². The molecule has 7 heteroatoms. The maximum Gasteiger partial charge on any atom is 0.322 e. The molecule has 126 valence electrons. The van der Waals surface area contributed by atoms with Crippen molar-refractivity contribution < 1.29 is 18.7 Å². The molecule has 1 aromatic heterocycles. The van der Waals surface area contributed by atoms with Crippen LogP contribution in [0.5, 0.6) is 11.5 Å². The lowest BCUT2D eigenvalue weighted by molar-refractivity contribution is 0.102. The maximum atomic E-state index is 12.3. The zero-order chi connectivity index (χ0) is 17.2. The molecule has 0 atom stereocenters. The highest BCUT2D eigenvalue weighted by atomic mass is 16.6. The van der Waals surface area contributed by atoms with Gasteiger partial charge >= 0.3 is 6.01 Å². The van der Waals surface area contributed by atoms with Gasteiger partial charge in [-0.05, 0) is 36.8 Å². The summed E-state index contributed by atoms with van der Waals surface area (Å²) in [5.41, 5.74) is 2.11. The van der Waals surface area contributed by atoms with Crippen molar-refractivity contribution in [1.29, 1.82) is 0 Å². The molecule has 0 aliphatic carbocycles. The van der Waals surface area contributed by atoms with Crippen molar-refractivity contribution in [2.24, 2.45) is 0 Å². The lowest BCUT2D eigenvalue weighted by Crippen LogP contribution is -2.15. The average Bonchev–Trinajstić information content (AvgIpc) is 3.10. The van der Waals surface area contributed by atoms with Gasteiger partial charge < -0.3 is 13.9 Å². The van der Waals surface area contributed by atoms with Gasteiger partial charge in [-0.2, -0.15) is 0 Å². The molecule has 0 bridgehead atoms. The molecule has 0 spiro atoms. The zero-order valence-electron chi connectivity index (χ0n) is 13.5. The summed E-state index contributed by atoms with van der Waals surface area (Å²) in [6, 6.07) is 12.7. The molecule has 2 heterocycles. The van der Waals surface area contributed by atoms with Gasteiger partial charge in [-0.1, -0.05) is 23.3 Å². The Morgan fingerprint density at radius 3 is 2.68 bits per heavy atom. The number of nitrogens with one attached hydrogen (secondary N) is 1. The van der Waals surface area contributed by atoms with Gasteiger partial charge in [0.05, 0.1) is 0 Å². The fraction of sp³-hybridized carbons (Fsp3) is 0.167. The number of hydrogen-bond donors (Lipinski definition) is 1. The number of aryl methyl sites for hydroxylation is 1. The normalized spacial score (nSPS) is 12.7. The van der Waals surface area contributed by atoms with Gasteiger partial charge in [-0.25, -0.2) is 0 Å². The summed E-state index contributed by atoms with van der Waals surface area (Å²) in [6.45, 7) is 2.89. The number of aromatic nitrogens is 2. The van der Waals surface area contributed by atoms with Crippen LogP contribution in [0, 0.1) is 6.92 Å². The van der Waals surface area contributed by atoms with Gasteiger partial charge in [-0.15, -0.1) is 5.10 Å². The molecule has 0 unspecified atom stereocenters. The quantitative estimate of drug-likeness (QED) is 0.790. The van der Waals surface area contributed by atoms with E-state index in [1.165, 1.54) is 0 Å². The smallest absolute Gasteiger partial charge is 0.322 e. The minimum absolute atomic E-state index is 0.0399. The van der Waals surface area contributed by atoms with Crippen molar-refractivity contribution >= 4 is 11.9 Å². The van der Waals surface area contributed by atoms with E-state index in [2.05, 4.69) is 15.5 Å². The van der Waals surface area contributed by atoms with Gasteiger partial charge in [0.1, 0.15) is 13.2 Å². The Labute approximate surface area is 143 Å². The molecule has 3 aromatic rings. The Morgan fingerprint density at radius 2 is 1.84 bits per heavy atom. The molecule has 0 saturated heterocycles. The first kappa shape index (κ1) is 15.2. The number of benzene rings is 2. The Kier molecular flexibility index (Phi) is 3.81. The lowest BCUT2D eigenvalue weighted by atomic mass is 10.1. The predicted molar refractivity (Wildman–Crippen MR) is 89.9 cm³/mol. The molecular weight excluding hydrogens is 322 g/mol. The number of anilines is 1. The summed E-state index contributed by atoms with van der Waals surface area (Å²) in [4.78, 5) is 12.3. The summed E-state index contributed by atoms with van der Waals surface area (Å²) in [5.74, 6) is 1.31. The third kappa shape index (κ3) is 3.03. The van der Waals surface area contributed by atoms with Crippen molar-refractivity contribution in [1.82, 2.24) is 10.2 Å². The van der Waals surface area contributed by atoms with Crippen LogP contribution in [0.25, 0.3) is 11.5 Å². The highest BCUT2D eigenvalue weighted by Gasteiger charge is 2.17. The van der Waals surface area contributed by atoms with Crippen molar-refractivity contribution in [3.8, 4) is 23.0 Å². The highest BCUT2D eigenvalue weighted by molar-refractivity contribution is 6.04. The first-order chi connectivity index (χ1) is 12.2. The monoisotopic (exact) mass is 337 g/mol. The number of carbonyl (C=O) groups is 1. The van der Waals surface area contributed by atoms with E-state index in [-0.39, 0.29) is 17.8 Å². The van der Waals surface area contributed by atoms with E-state index in [0.717, 1.165) is 5.56 Å².